The lowest BCUT2D eigenvalue weighted by molar-refractivity contribution is 0.0124. The summed E-state index contributed by atoms with van der Waals surface area (Å²) >= 11 is 0. The molecule has 0 bridgehead atoms. The number of H-pyrrole nitrogens is 1. The summed E-state index contributed by atoms with van der Waals surface area (Å²) in [4.78, 5) is 22.5. The second kappa shape index (κ2) is 5.62. The normalized spacial score (nSPS) is 26.8. The van der Waals surface area contributed by atoms with Gasteiger partial charge in [0.15, 0.2) is 0 Å². The van der Waals surface area contributed by atoms with Crippen LogP contribution in [0.5, 0.6) is 0 Å². The van der Waals surface area contributed by atoms with Crippen molar-refractivity contribution in [2.45, 2.75) is 24.5 Å². The highest BCUT2D eigenvalue weighted by Crippen LogP contribution is 2.36. The van der Waals surface area contributed by atoms with E-state index in [1.165, 1.54) is 0 Å². The van der Waals surface area contributed by atoms with Gasteiger partial charge in [-0.1, -0.05) is 0 Å². The molecule has 2 aliphatic heterocycles. The van der Waals surface area contributed by atoms with E-state index in [1.54, 1.807) is 30.9 Å². The summed E-state index contributed by atoms with van der Waals surface area (Å²) in [7, 11) is 0. The van der Waals surface area contributed by atoms with E-state index < -0.39 is 0 Å². The van der Waals surface area contributed by atoms with E-state index in [0.717, 1.165) is 18.7 Å². The fourth-order valence-electron chi connectivity index (χ4n) is 3.37. The number of nitrogens with one attached hydrogen (secondary N) is 2. The molecule has 2 aromatic rings. The van der Waals surface area contributed by atoms with Crippen LogP contribution in [-0.4, -0.2) is 62.3 Å². The van der Waals surface area contributed by atoms with Crippen molar-refractivity contribution in [3.8, 4) is 0 Å². The van der Waals surface area contributed by atoms with Crippen LogP contribution in [0.2, 0.25) is 0 Å². The third-order valence-corrected chi connectivity index (χ3v) is 4.46. The van der Waals surface area contributed by atoms with Gasteiger partial charge in [-0.3, -0.25) is 14.9 Å². The predicted octanol–water partition coefficient (Wildman–Crippen LogP) is 0.685. The molecule has 1 amide bonds. The SMILES string of the molecule is O=C(c1ccn[nH]1)N1CC[C@]2(C[C@H](Nc3cnccn3)CO2)C1. The minimum Gasteiger partial charge on any atom is -0.371 e. The van der Waals surface area contributed by atoms with Gasteiger partial charge in [0.2, 0.25) is 0 Å². The minimum absolute atomic E-state index is 0.0201. The quantitative estimate of drug-likeness (QED) is 0.865. The Balaban J connectivity index is 1.38. The number of aromatic amines is 1. The number of likely N-dealkylation sites (tertiary alicyclic amines) is 1. The Bertz CT molecular complexity index is 677. The molecule has 4 rings (SSSR count). The molecule has 0 saturated carbocycles. The zero-order valence-corrected chi connectivity index (χ0v) is 12.6. The standard InChI is InChI=1S/C15H18N6O2/c22-14(12-1-3-18-20-12)21-6-2-15(10-21)7-11(9-23-15)19-13-8-16-4-5-17-13/h1,3-5,8,11H,2,6-7,9-10H2,(H,17,19)(H,18,20)/t11-,15-/m0/s1. The first kappa shape index (κ1) is 14.1. The average molecular weight is 314 g/mol. The van der Waals surface area contributed by atoms with Crippen molar-refractivity contribution in [2.24, 2.45) is 0 Å². The third-order valence-electron chi connectivity index (χ3n) is 4.46. The molecule has 2 fully saturated rings. The van der Waals surface area contributed by atoms with E-state index in [2.05, 4.69) is 25.5 Å². The molecule has 0 aliphatic carbocycles. The fourth-order valence-corrected chi connectivity index (χ4v) is 3.37. The number of ether oxygens (including phenoxy) is 1. The Kier molecular flexibility index (Phi) is 3.45. The van der Waals surface area contributed by atoms with Gasteiger partial charge in [-0.2, -0.15) is 5.10 Å². The Labute approximate surface area is 133 Å². The van der Waals surface area contributed by atoms with E-state index in [1.807, 2.05) is 4.90 Å². The van der Waals surface area contributed by atoms with Crippen LogP contribution in [0, 0.1) is 0 Å². The number of amides is 1. The topological polar surface area (TPSA) is 96.0 Å². The number of rotatable bonds is 3. The molecule has 2 aliphatic rings. The largest absolute Gasteiger partial charge is 0.371 e. The van der Waals surface area contributed by atoms with Gasteiger partial charge in [0, 0.05) is 31.6 Å². The van der Waals surface area contributed by atoms with Gasteiger partial charge in [-0.15, -0.1) is 0 Å². The highest BCUT2D eigenvalue weighted by atomic mass is 16.5. The molecule has 0 radical (unpaired) electrons. The molecule has 2 N–H and O–H groups in total. The summed E-state index contributed by atoms with van der Waals surface area (Å²) in [6.07, 6.45) is 8.31. The van der Waals surface area contributed by atoms with Gasteiger partial charge in [0.25, 0.3) is 5.91 Å². The first-order valence-corrected chi connectivity index (χ1v) is 7.69. The summed E-state index contributed by atoms with van der Waals surface area (Å²) in [6.45, 7) is 1.93. The maximum absolute atomic E-state index is 12.4. The van der Waals surface area contributed by atoms with Crippen LogP contribution >= 0.6 is 0 Å². The highest BCUT2D eigenvalue weighted by Gasteiger charge is 2.47. The Morgan fingerprint density at radius 1 is 1.43 bits per heavy atom. The van der Waals surface area contributed by atoms with Crippen LogP contribution < -0.4 is 5.32 Å². The van der Waals surface area contributed by atoms with Gasteiger partial charge in [0.1, 0.15) is 11.5 Å². The van der Waals surface area contributed by atoms with Crippen molar-refractivity contribution in [1.82, 2.24) is 25.1 Å². The van der Waals surface area contributed by atoms with Crippen LogP contribution in [0.1, 0.15) is 23.3 Å². The number of hydrogen-bond donors (Lipinski definition) is 2. The summed E-state index contributed by atoms with van der Waals surface area (Å²) in [6, 6.07) is 1.88. The number of carbonyl (C=O) groups excluding carboxylic acids is 1. The number of hydrogen-bond acceptors (Lipinski definition) is 6. The lowest BCUT2D eigenvalue weighted by atomic mass is 9.97. The molecule has 2 atom stereocenters. The lowest BCUT2D eigenvalue weighted by Gasteiger charge is -2.23. The van der Waals surface area contributed by atoms with E-state index in [9.17, 15) is 4.79 Å². The number of carbonyl (C=O) groups is 1. The van der Waals surface area contributed by atoms with E-state index in [-0.39, 0.29) is 17.6 Å². The molecule has 0 unspecified atom stereocenters. The summed E-state index contributed by atoms with van der Waals surface area (Å²) < 4.78 is 6.05. The van der Waals surface area contributed by atoms with Crippen molar-refractivity contribution in [3.05, 3.63) is 36.5 Å². The average Bonchev–Trinajstić information content (AvgIpc) is 3.31. The summed E-state index contributed by atoms with van der Waals surface area (Å²) in [5, 5.41) is 9.91. The van der Waals surface area contributed by atoms with Gasteiger partial charge in [-0.05, 0) is 12.5 Å². The molecular weight excluding hydrogens is 296 g/mol. The molecule has 8 heteroatoms. The second-order valence-electron chi connectivity index (χ2n) is 6.08. The van der Waals surface area contributed by atoms with Gasteiger partial charge in [0.05, 0.1) is 31.0 Å². The highest BCUT2D eigenvalue weighted by molar-refractivity contribution is 5.92. The minimum atomic E-state index is -0.254. The molecule has 8 nitrogen and oxygen atoms in total. The van der Waals surface area contributed by atoms with Crippen LogP contribution in [0.25, 0.3) is 0 Å². The Morgan fingerprint density at radius 3 is 3.17 bits per heavy atom. The maximum Gasteiger partial charge on any atom is 0.271 e. The van der Waals surface area contributed by atoms with E-state index in [4.69, 9.17) is 4.74 Å². The summed E-state index contributed by atoms with van der Waals surface area (Å²) in [5.41, 5.74) is 0.268. The molecule has 0 aromatic carbocycles. The van der Waals surface area contributed by atoms with Crippen LogP contribution in [0.15, 0.2) is 30.9 Å². The van der Waals surface area contributed by atoms with Crippen molar-refractivity contribution >= 4 is 11.7 Å². The molecule has 120 valence electrons. The zero-order valence-electron chi connectivity index (χ0n) is 12.6. The molecule has 23 heavy (non-hydrogen) atoms. The van der Waals surface area contributed by atoms with Crippen LogP contribution in [0.3, 0.4) is 0 Å². The van der Waals surface area contributed by atoms with Crippen molar-refractivity contribution in [2.75, 3.05) is 25.0 Å². The number of aromatic nitrogens is 4. The van der Waals surface area contributed by atoms with Crippen molar-refractivity contribution in [1.29, 1.82) is 0 Å². The van der Waals surface area contributed by atoms with Crippen LogP contribution in [0.4, 0.5) is 5.82 Å². The van der Waals surface area contributed by atoms with Crippen molar-refractivity contribution in [3.63, 3.8) is 0 Å². The lowest BCUT2D eigenvalue weighted by Crippen LogP contribution is -2.36. The molecule has 4 heterocycles. The number of nitrogens with zero attached hydrogens (tertiary/aromatic N) is 4. The maximum atomic E-state index is 12.4. The smallest absolute Gasteiger partial charge is 0.271 e. The molecule has 2 aromatic heterocycles. The third kappa shape index (κ3) is 2.77. The van der Waals surface area contributed by atoms with Gasteiger partial charge in [-0.25, -0.2) is 4.98 Å². The van der Waals surface area contributed by atoms with Gasteiger partial charge < -0.3 is 15.0 Å². The Morgan fingerprint density at radius 2 is 2.39 bits per heavy atom. The van der Waals surface area contributed by atoms with Gasteiger partial charge >= 0.3 is 0 Å². The van der Waals surface area contributed by atoms with E-state index in [0.29, 0.717) is 25.4 Å². The first-order valence-electron chi connectivity index (χ1n) is 7.69. The predicted molar refractivity (Wildman–Crippen MR) is 81.9 cm³/mol. The Hall–Kier alpha value is -2.48. The first-order chi connectivity index (χ1) is 11.2. The van der Waals surface area contributed by atoms with Crippen LogP contribution in [-0.2, 0) is 4.74 Å². The zero-order chi connectivity index (χ0) is 15.7. The molecule has 2 saturated heterocycles. The second-order valence-corrected chi connectivity index (χ2v) is 6.08. The monoisotopic (exact) mass is 314 g/mol. The molecule has 1 spiro atoms. The summed E-state index contributed by atoms with van der Waals surface area (Å²) in [5.74, 6) is 0.731. The molecular formula is C15H18N6O2. The van der Waals surface area contributed by atoms with E-state index >= 15 is 0 Å². The van der Waals surface area contributed by atoms with Crippen molar-refractivity contribution < 1.29 is 9.53 Å². The number of anilines is 1. The fraction of sp³-hybridized carbons (Fsp3) is 0.467.